The quantitative estimate of drug-likeness (QED) is 0.228. The third kappa shape index (κ3) is 6.24. The number of carbonyl (C=O) groups excluding carboxylic acids is 1. The number of halogens is 6. The first kappa shape index (κ1) is 28.6. The van der Waals surface area contributed by atoms with E-state index in [1.807, 2.05) is 5.10 Å². The van der Waals surface area contributed by atoms with Crippen molar-refractivity contribution in [2.45, 2.75) is 25.3 Å². The van der Waals surface area contributed by atoms with Crippen LogP contribution < -0.4 is 15.9 Å². The van der Waals surface area contributed by atoms with Crippen LogP contribution >= 0.6 is 11.6 Å². The van der Waals surface area contributed by atoms with Gasteiger partial charge in [0.25, 0.3) is 17.5 Å². The van der Waals surface area contributed by atoms with E-state index in [-0.39, 0.29) is 16.3 Å². The topological polar surface area (TPSA) is 127 Å². The lowest BCUT2D eigenvalue weighted by atomic mass is 9.98. The fraction of sp³-hybridized carbons (Fsp3) is 0.160. The summed E-state index contributed by atoms with van der Waals surface area (Å²) < 4.78 is 74.3. The van der Waals surface area contributed by atoms with E-state index >= 15 is 0 Å². The van der Waals surface area contributed by atoms with Crippen molar-refractivity contribution in [2.75, 3.05) is 0 Å². The van der Waals surface area contributed by atoms with Crippen LogP contribution in [0.25, 0.3) is 0 Å². The number of nitrogens with one attached hydrogen (secondary N) is 1. The fourth-order valence-corrected chi connectivity index (χ4v) is 3.78. The minimum atomic E-state index is -5.21. The zero-order valence-electron chi connectivity index (χ0n) is 19.8. The van der Waals surface area contributed by atoms with Gasteiger partial charge in [-0.25, -0.2) is 18.9 Å². The molecule has 0 saturated carbocycles. The minimum absolute atomic E-state index is 0.137. The van der Waals surface area contributed by atoms with Crippen molar-refractivity contribution in [1.29, 1.82) is 0 Å². The molecule has 0 amide bonds. The summed E-state index contributed by atoms with van der Waals surface area (Å²) in [4.78, 5) is 41.2. The van der Waals surface area contributed by atoms with Crippen molar-refractivity contribution in [2.24, 2.45) is 0 Å². The summed E-state index contributed by atoms with van der Waals surface area (Å²) in [5, 5.41) is 15.8. The highest BCUT2D eigenvalue weighted by Gasteiger charge is 2.39. The van der Waals surface area contributed by atoms with Gasteiger partial charge in [0.1, 0.15) is 17.0 Å². The van der Waals surface area contributed by atoms with E-state index in [9.17, 15) is 41.4 Å². The lowest BCUT2D eigenvalue weighted by Crippen LogP contribution is -2.28. The molecular formula is C25H16ClF5N4O5. The van der Waals surface area contributed by atoms with Crippen molar-refractivity contribution in [1.82, 2.24) is 19.7 Å². The molecule has 0 aliphatic rings. The number of aromatic amines is 1. The van der Waals surface area contributed by atoms with E-state index in [0.717, 1.165) is 18.2 Å². The molecule has 0 fully saturated rings. The summed E-state index contributed by atoms with van der Waals surface area (Å²) in [6, 6.07) is 10.8. The average Bonchev–Trinajstić information content (AvgIpc) is 2.91. The summed E-state index contributed by atoms with van der Waals surface area (Å²) in [5.41, 5.74) is -5.35. The van der Waals surface area contributed by atoms with Crippen molar-refractivity contribution < 1.29 is 36.6 Å². The second kappa shape index (κ2) is 11.4. The SMILES string of the molecule is O=C(c1cc(Oc2c(C(F)(F)F)ncn(Cc3cc(Cl)n[nH]c3=O)c2=O)cc(C(F)F)c1)C(O)c1ccccc1. The first-order valence-corrected chi connectivity index (χ1v) is 11.5. The number of hydrogen-bond donors (Lipinski definition) is 2. The molecule has 2 N–H and O–H groups in total. The molecule has 1 unspecified atom stereocenters. The second-order valence-electron chi connectivity index (χ2n) is 8.27. The molecule has 208 valence electrons. The van der Waals surface area contributed by atoms with Gasteiger partial charge >= 0.3 is 6.18 Å². The van der Waals surface area contributed by atoms with E-state index in [0.29, 0.717) is 17.0 Å². The van der Waals surface area contributed by atoms with E-state index in [1.54, 1.807) is 6.07 Å². The van der Waals surface area contributed by atoms with Crippen LogP contribution in [0.5, 0.6) is 11.5 Å². The molecule has 15 heteroatoms. The lowest BCUT2D eigenvalue weighted by molar-refractivity contribution is -0.142. The lowest BCUT2D eigenvalue weighted by Gasteiger charge is -2.16. The van der Waals surface area contributed by atoms with Crippen molar-refractivity contribution in [3.63, 3.8) is 0 Å². The van der Waals surface area contributed by atoms with E-state index < -0.39 is 70.5 Å². The Labute approximate surface area is 225 Å². The molecule has 40 heavy (non-hydrogen) atoms. The Balaban J connectivity index is 1.79. The highest BCUT2D eigenvalue weighted by Crippen LogP contribution is 2.36. The van der Waals surface area contributed by atoms with E-state index in [2.05, 4.69) is 10.1 Å². The van der Waals surface area contributed by atoms with Crippen LogP contribution in [0.15, 0.2) is 70.5 Å². The molecule has 0 saturated heterocycles. The number of ketones is 1. The maximum absolute atomic E-state index is 13.7. The summed E-state index contributed by atoms with van der Waals surface area (Å²) in [5.74, 6) is -3.18. The number of alkyl halides is 5. The predicted molar refractivity (Wildman–Crippen MR) is 130 cm³/mol. The van der Waals surface area contributed by atoms with Gasteiger partial charge < -0.3 is 9.84 Å². The Hall–Kier alpha value is -4.43. The number of benzene rings is 2. The third-order valence-corrected chi connectivity index (χ3v) is 5.70. The maximum atomic E-state index is 13.7. The molecule has 0 bridgehead atoms. The number of H-pyrrole nitrogens is 1. The largest absolute Gasteiger partial charge is 0.449 e. The average molecular weight is 583 g/mol. The van der Waals surface area contributed by atoms with Gasteiger partial charge in [-0.2, -0.15) is 18.3 Å². The van der Waals surface area contributed by atoms with Gasteiger partial charge in [-0.3, -0.25) is 19.0 Å². The van der Waals surface area contributed by atoms with Gasteiger partial charge in [-0.05, 0) is 29.8 Å². The fourth-order valence-electron chi connectivity index (χ4n) is 3.61. The van der Waals surface area contributed by atoms with Gasteiger partial charge in [0.05, 0.1) is 12.9 Å². The standard InChI is InChI=1S/C25H16ClF5N4O5/c26-17-9-15(23(38)34-33-17)10-35-11-32-21(25(29,30)31)20(24(35)39)40-16-7-13(6-14(8-16)22(27)28)19(37)18(36)12-4-2-1-3-5-12/h1-9,11,18,22,36H,10H2,(H,34,38). The van der Waals surface area contributed by atoms with E-state index in [4.69, 9.17) is 16.3 Å². The maximum Gasteiger partial charge on any atom is 0.437 e. The van der Waals surface area contributed by atoms with Crippen molar-refractivity contribution in [3.05, 3.63) is 115 Å². The molecule has 4 rings (SSSR count). The Morgan fingerprint density at radius 3 is 2.42 bits per heavy atom. The second-order valence-corrected chi connectivity index (χ2v) is 8.66. The summed E-state index contributed by atoms with van der Waals surface area (Å²) in [6.45, 7) is -0.595. The zero-order valence-corrected chi connectivity index (χ0v) is 20.6. The molecule has 0 spiro atoms. The van der Waals surface area contributed by atoms with Gasteiger partial charge in [0.15, 0.2) is 11.5 Å². The Morgan fingerprint density at radius 1 is 1.07 bits per heavy atom. The van der Waals surface area contributed by atoms with Crippen LogP contribution in [0.3, 0.4) is 0 Å². The summed E-state index contributed by atoms with van der Waals surface area (Å²) in [7, 11) is 0. The smallest absolute Gasteiger partial charge is 0.437 e. The Morgan fingerprint density at radius 2 is 1.77 bits per heavy atom. The molecule has 9 nitrogen and oxygen atoms in total. The monoisotopic (exact) mass is 582 g/mol. The summed E-state index contributed by atoms with van der Waals surface area (Å²) in [6.07, 6.45) is -9.67. The normalized spacial score (nSPS) is 12.4. The first-order chi connectivity index (χ1) is 18.8. The Bertz CT molecular complexity index is 1680. The van der Waals surface area contributed by atoms with Gasteiger partial charge in [0, 0.05) is 16.7 Å². The highest BCUT2D eigenvalue weighted by molar-refractivity contribution is 6.29. The van der Waals surface area contributed by atoms with Crippen LogP contribution in [-0.2, 0) is 12.7 Å². The number of ether oxygens (including phenoxy) is 1. The number of nitrogens with zero attached hydrogens (tertiary/aromatic N) is 3. The first-order valence-electron chi connectivity index (χ1n) is 11.1. The molecule has 4 aromatic rings. The van der Waals surface area contributed by atoms with Crippen LogP contribution in [0, 0.1) is 0 Å². The molecule has 0 aliphatic carbocycles. The number of aliphatic hydroxyl groups is 1. The molecule has 2 heterocycles. The van der Waals surface area contributed by atoms with Crippen LogP contribution in [0.1, 0.15) is 45.3 Å². The van der Waals surface area contributed by atoms with Crippen LogP contribution in [-0.4, -0.2) is 30.6 Å². The van der Waals surface area contributed by atoms with E-state index in [1.165, 1.54) is 24.3 Å². The van der Waals surface area contributed by atoms with Crippen LogP contribution in [0.4, 0.5) is 22.0 Å². The molecule has 1 atom stereocenters. The number of aromatic nitrogens is 4. The summed E-state index contributed by atoms with van der Waals surface area (Å²) >= 11 is 5.72. The van der Waals surface area contributed by atoms with Gasteiger partial charge in [0.2, 0.25) is 5.75 Å². The van der Waals surface area contributed by atoms with Crippen LogP contribution in [0.2, 0.25) is 5.15 Å². The molecule has 2 aromatic heterocycles. The number of carbonyl (C=O) groups is 1. The molecular weight excluding hydrogens is 567 g/mol. The zero-order chi connectivity index (χ0) is 29.2. The Kier molecular flexibility index (Phi) is 8.11. The van der Waals surface area contributed by atoms with Gasteiger partial charge in [-0.15, -0.1) is 0 Å². The number of hydrogen-bond acceptors (Lipinski definition) is 7. The van der Waals surface area contributed by atoms with Crippen molar-refractivity contribution >= 4 is 17.4 Å². The van der Waals surface area contributed by atoms with Gasteiger partial charge in [-0.1, -0.05) is 41.9 Å². The minimum Gasteiger partial charge on any atom is -0.449 e. The number of rotatable bonds is 8. The predicted octanol–water partition coefficient (Wildman–Crippen LogP) is 4.69. The third-order valence-electron chi connectivity index (χ3n) is 5.50. The molecule has 0 aliphatic heterocycles. The molecule has 0 radical (unpaired) electrons. The highest BCUT2D eigenvalue weighted by atomic mass is 35.5. The van der Waals surface area contributed by atoms with Crippen molar-refractivity contribution in [3.8, 4) is 11.5 Å². The number of Topliss-reactive ketones (excluding diaryl/α,β-unsaturated/α-hetero) is 1. The molecule has 2 aromatic carbocycles. The number of aliphatic hydroxyl groups excluding tert-OH is 1.